The summed E-state index contributed by atoms with van der Waals surface area (Å²) in [5.41, 5.74) is 3.55. The first-order valence-electron chi connectivity index (χ1n) is 11.8. The fraction of sp³-hybridized carbons (Fsp3) is 0.393. The summed E-state index contributed by atoms with van der Waals surface area (Å²) in [6.45, 7) is 6.26. The molecule has 4 heteroatoms. The van der Waals surface area contributed by atoms with Crippen molar-refractivity contribution in [2.24, 2.45) is 11.8 Å². The molecule has 3 aromatic rings. The molecule has 1 aliphatic carbocycles. The summed E-state index contributed by atoms with van der Waals surface area (Å²) in [7, 11) is 1.68. The summed E-state index contributed by atoms with van der Waals surface area (Å²) in [6, 6.07) is 19.0. The average Bonchev–Trinajstić information content (AvgIpc) is 2.94. The van der Waals surface area contributed by atoms with Gasteiger partial charge < -0.3 is 14.3 Å². The van der Waals surface area contributed by atoms with Gasteiger partial charge in [0.15, 0.2) is 0 Å². The lowest BCUT2D eigenvalue weighted by Crippen LogP contribution is -2.79. The lowest BCUT2D eigenvalue weighted by molar-refractivity contribution is -1.05. The highest BCUT2D eigenvalue weighted by molar-refractivity contribution is 5.83. The smallest absolute Gasteiger partial charge is 0.131 e. The van der Waals surface area contributed by atoms with Crippen molar-refractivity contribution in [2.45, 2.75) is 43.5 Å². The van der Waals surface area contributed by atoms with Crippen molar-refractivity contribution in [3.8, 4) is 5.75 Å². The van der Waals surface area contributed by atoms with Crippen LogP contribution in [-0.2, 0) is 6.54 Å². The van der Waals surface area contributed by atoms with Gasteiger partial charge in [0.05, 0.1) is 25.6 Å². The quantitative estimate of drug-likeness (QED) is 0.443. The second kappa shape index (κ2) is 7.16. The molecule has 0 radical (unpaired) electrons. The Bertz CT molecular complexity index is 1180. The topological polar surface area (TPSA) is 42.4 Å². The number of pyridine rings is 1. The molecule has 5 unspecified atom stereocenters. The first kappa shape index (κ1) is 20.0. The number of quaternary nitrogens is 1. The zero-order valence-corrected chi connectivity index (χ0v) is 18.7. The summed E-state index contributed by atoms with van der Waals surface area (Å²) in [4.78, 5) is 4.54. The number of benzene rings is 2. The van der Waals surface area contributed by atoms with Crippen molar-refractivity contribution in [3.05, 3.63) is 84.6 Å². The SMILES string of the molecule is C=CC1CC23CC[N+]2(Cc2ccccc2)C([C@H](O)c2ccnc4ccc(OC)cc24)CC13. The van der Waals surface area contributed by atoms with Crippen LogP contribution in [0.5, 0.6) is 5.75 Å². The van der Waals surface area contributed by atoms with Crippen LogP contribution in [0.2, 0.25) is 0 Å². The van der Waals surface area contributed by atoms with E-state index in [1.165, 1.54) is 18.4 Å². The van der Waals surface area contributed by atoms with Crippen LogP contribution < -0.4 is 4.74 Å². The number of aliphatic hydroxyl groups is 1. The molecule has 1 aromatic heterocycles. The Balaban J connectivity index is 1.44. The molecule has 3 fully saturated rings. The van der Waals surface area contributed by atoms with E-state index in [1.807, 2.05) is 30.5 Å². The van der Waals surface area contributed by atoms with E-state index in [0.29, 0.717) is 17.4 Å². The third-order valence-corrected chi connectivity index (χ3v) is 9.03. The van der Waals surface area contributed by atoms with Gasteiger partial charge in [0.2, 0.25) is 0 Å². The number of fused-ring (bicyclic) bond motifs is 1. The van der Waals surface area contributed by atoms with Crippen LogP contribution in [0.1, 0.15) is 36.5 Å². The maximum atomic E-state index is 12.0. The number of hydrogen-bond acceptors (Lipinski definition) is 3. The van der Waals surface area contributed by atoms with E-state index in [2.05, 4.69) is 48.0 Å². The Kier molecular flexibility index (Phi) is 4.46. The molecule has 3 heterocycles. The van der Waals surface area contributed by atoms with E-state index < -0.39 is 6.10 Å². The van der Waals surface area contributed by atoms with Crippen molar-refractivity contribution >= 4 is 10.9 Å². The van der Waals surface area contributed by atoms with Crippen LogP contribution in [0.4, 0.5) is 0 Å². The van der Waals surface area contributed by atoms with Crippen LogP contribution in [0.3, 0.4) is 0 Å². The number of aromatic nitrogens is 1. The maximum Gasteiger partial charge on any atom is 0.131 e. The number of rotatable bonds is 6. The van der Waals surface area contributed by atoms with Gasteiger partial charge in [-0.25, -0.2) is 0 Å². The Morgan fingerprint density at radius 1 is 1.25 bits per heavy atom. The summed E-state index contributed by atoms with van der Waals surface area (Å²) in [6.07, 6.45) is 6.98. The third-order valence-electron chi connectivity index (χ3n) is 9.03. The molecule has 1 N–H and O–H groups in total. The highest BCUT2D eigenvalue weighted by atomic mass is 16.5. The van der Waals surface area contributed by atoms with Gasteiger partial charge in [-0.3, -0.25) is 4.98 Å². The monoisotopic (exact) mass is 427 g/mol. The number of hydrogen-bond donors (Lipinski definition) is 1. The fourth-order valence-corrected chi connectivity index (χ4v) is 7.43. The maximum absolute atomic E-state index is 12.0. The first-order valence-corrected chi connectivity index (χ1v) is 11.8. The minimum atomic E-state index is -0.537. The molecule has 164 valence electrons. The summed E-state index contributed by atoms with van der Waals surface area (Å²) >= 11 is 0. The minimum Gasteiger partial charge on any atom is -0.497 e. The van der Waals surface area contributed by atoms with Crippen LogP contribution >= 0.6 is 0 Å². The van der Waals surface area contributed by atoms with Crippen molar-refractivity contribution in [1.82, 2.24) is 4.98 Å². The zero-order chi connectivity index (χ0) is 21.9. The molecule has 2 aromatic carbocycles. The summed E-state index contributed by atoms with van der Waals surface area (Å²) in [5.74, 6) is 2.00. The lowest BCUT2D eigenvalue weighted by atomic mass is 9.54. The molecule has 0 amide bonds. The van der Waals surface area contributed by atoms with Gasteiger partial charge in [-0.05, 0) is 35.7 Å². The Morgan fingerprint density at radius 3 is 2.81 bits per heavy atom. The molecular weight excluding hydrogens is 396 g/mol. The number of methoxy groups -OCH3 is 1. The van der Waals surface area contributed by atoms with Crippen LogP contribution in [0, 0.1) is 11.8 Å². The van der Waals surface area contributed by atoms with Gasteiger partial charge in [0, 0.05) is 35.9 Å². The zero-order valence-electron chi connectivity index (χ0n) is 18.7. The Morgan fingerprint density at radius 2 is 2.09 bits per heavy atom. The highest BCUT2D eigenvalue weighted by Gasteiger charge is 2.78. The number of allylic oxidation sites excluding steroid dienone is 1. The van der Waals surface area contributed by atoms with Gasteiger partial charge in [0.25, 0.3) is 0 Å². The van der Waals surface area contributed by atoms with E-state index in [4.69, 9.17) is 4.74 Å². The average molecular weight is 428 g/mol. The van der Waals surface area contributed by atoms with Gasteiger partial charge >= 0.3 is 0 Å². The van der Waals surface area contributed by atoms with Gasteiger partial charge in [-0.2, -0.15) is 0 Å². The second-order valence-electron chi connectivity index (χ2n) is 10.00. The van der Waals surface area contributed by atoms with Crippen LogP contribution in [-0.4, -0.2) is 39.8 Å². The lowest BCUT2D eigenvalue weighted by Gasteiger charge is -2.67. The molecule has 2 aliphatic heterocycles. The van der Waals surface area contributed by atoms with Crippen LogP contribution in [0.15, 0.2) is 73.4 Å². The minimum absolute atomic E-state index is 0.177. The number of aliphatic hydroxyl groups excluding tert-OH is 1. The van der Waals surface area contributed by atoms with E-state index in [9.17, 15) is 5.11 Å². The van der Waals surface area contributed by atoms with E-state index in [0.717, 1.165) is 46.2 Å². The Labute approximate surface area is 189 Å². The number of ether oxygens (including phenoxy) is 1. The van der Waals surface area contributed by atoms with Crippen molar-refractivity contribution in [1.29, 1.82) is 0 Å². The third kappa shape index (κ3) is 2.54. The molecule has 6 rings (SSSR count). The van der Waals surface area contributed by atoms with Gasteiger partial charge in [0.1, 0.15) is 30.0 Å². The molecule has 6 atom stereocenters. The molecule has 1 spiro atoms. The second-order valence-corrected chi connectivity index (χ2v) is 10.00. The Hall–Kier alpha value is -2.69. The predicted molar refractivity (Wildman–Crippen MR) is 126 cm³/mol. The molecular formula is C28H31N2O2+. The molecule has 4 nitrogen and oxygen atoms in total. The molecule has 3 aliphatic rings. The molecule has 2 saturated heterocycles. The standard InChI is InChI=1S/C28H31N2O2/c1-3-20-17-28-12-14-30(28,18-19-7-5-4-6-8-19)26(16-24(20)28)27(31)22-11-13-29-25-10-9-21(32-2)15-23(22)25/h3-11,13,15,20,24,26-27,31H,1,12,14,16-18H2,2H3/q+1/t20?,24?,26?,27-,28?,30?/m1/s1. The highest BCUT2D eigenvalue weighted by Crippen LogP contribution is 2.69. The van der Waals surface area contributed by atoms with E-state index >= 15 is 0 Å². The van der Waals surface area contributed by atoms with Crippen LogP contribution in [0.25, 0.3) is 10.9 Å². The van der Waals surface area contributed by atoms with Crippen molar-refractivity contribution < 1.29 is 14.3 Å². The molecule has 0 bridgehead atoms. The van der Waals surface area contributed by atoms with Crippen molar-refractivity contribution in [2.75, 3.05) is 13.7 Å². The fourth-order valence-electron chi connectivity index (χ4n) is 7.43. The summed E-state index contributed by atoms with van der Waals surface area (Å²) in [5, 5.41) is 12.9. The summed E-state index contributed by atoms with van der Waals surface area (Å²) < 4.78 is 6.49. The number of nitrogens with zero attached hydrogens (tertiary/aromatic N) is 2. The normalized spacial score (nSPS) is 33.5. The van der Waals surface area contributed by atoms with E-state index in [-0.39, 0.29) is 6.04 Å². The largest absolute Gasteiger partial charge is 0.497 e. The van der Waals surface area contributed by atoms with Gasteiger partial charge in [-0.1, -0.05) is 36.4 Å². The first-order chi connectivity index (χ1) is 15.6. The predicted octanol–water partition coefficient (Wildman–Crippen LogP) is 5.03. The van der Waals surface area contributed by atoms with Gasteiger partial charge in [-0.15, -0.1) is 6.58 Å². The van der Waals surface area contributed by atoms with Crippen molar-refractivity contribution in [3.63, 3.8) is 0 Å². The molecule has 32 heavy (non-hydrogen) atoms. The van der Waals surface area contributed by atoms with E-state index in [1.54, 1.807) is 7.11 Å². The molecule has 1 saturated carbocycles.